The Morgan fingerprint density at radius 2 is 0.444 bits per heavy atom. The van der Waals surface area contributed by atoms with Crippen LogP contribution in [0.1, 0.15) is 127 Å². The third kappa shape index (κ3) is 8.65. The molecule has 4 unspecified atom stereocenters. The second-order valence-electron chi connectivity index (χ2n) is 15.4. The van der Waals surface area contributed by atoms with Crippen LogP contribution in [0.25, 0.3) is 11.1 Å². The zero-order valence-corrected chi connectivity index (χ0v) is 33.9. The van der Waals surface area contributed by atoms with Crippen molar-refractivity contribution in [2.75, 3.05) is 9.80 Å². The number of hydrogen-bond acceptors (Lipinski definition) is 2. The normalized spacial score (nSPS) is 13.6. The van der Waals surface area contributed by atoms with E-state index < -0.39 is 0 Å². The van der Waals surface area contributed by atoms with Crippen LogP contribution in [0.4, 0.5) is 34.1 Å². The Bertz CT molecular complexity index is 1760. The van der Waals surface area contributed by atoms with Crippen LogP contribution in [-0.2, 0) is 0 Å². The van der Waals surface area contributed by atoms with E-state index in [1.807, 2.05) is 0 Å². The average molecular weight is 713 g/mol. The quantitative estimate of drug-likeness (QED) is 0.105. The van der Waals surface area contributed by atoms with E-state index >= 15 is 0 Å². The van der Waals surface area contributed by atoms with Gasteiger partial charge in [-0.15, -0.1) is 0 Å². The van der Waals surface area contributed by atoms with Crippen LogP contribution in [0.5, 0.6) is 0 Å². The van der Waals surface area contributed by atoms with E-state index in [1.54, 1.807) is 0 Å². The van der Waals surface area contributed by atoms with Crippen LogP contribution in [0.2, 0.25) is 0 Å². The standard InChI is InChI=1S/C52H60N2/c1-9-37(5)41-13-25-47(26-14-41)53(48-27-15-42(16-28-48)38(6)10-2)51-33-21-45(22-34-51)46-23-35-52(36-24-46)54(49-29-17-43(18-30-49)39(7)11-3)50-31-19-44(20-32-50)40(8)12-4/h13-40H,9-12H2,1-8H3. The molecule has 0 amide bonds. The van der Waals surface area contributed by atoms with Crippen LogP contribution in [0.15, 0.2) is 146 Å². The summed E-state index contributed by atoms with van der Waals surface area (Å²) in [7, 11) is 0. The van der Waals surface area contributed by atoms with E-state index in [-0.39, 0.29) is 0 Å². The van der Waals surface area contributed by atoms with Crippen molar-refractivity contribution >= 4 is 34.1 Å². The summed E-state index contributed by atoms with van der Waals surface area (Å²) < 4.78 is 0. The van der Waals surface area contributed by atoms with Crippen molar-refractivity contribution in [2.24, 2.45) is 0 Å². The maximum atomic E-state index is 2.38. The van der Waals surface area contributed by atoms with Gasteiger partial charge in [0, 0.05) is 34.1 Å². The van der Waals surface area contributed by atoms with Crippen LogP contribution in [0, 0.1) is 0 Å². The molecule has 0 bridgehead atoms. The van der Waals surface area contributed by atoms with Gasteiger partial charge >= 0.3 is 0 Å². The number of benzene rings is 6. The molecule has 4 atom stereocenters. The Balaban J connectivity index is 1.31. The molecule has 0 aliphatic rings. The molecule has 278 valence electrons. The van der Waals surface area contributed by atoms with E-state index in [2.05, 4.69) is 211 Å². The molecule has 6 rings (SSSR count). The van der Waals surface area contributed by atoms with Crippen LogP contribution in [-0.4, -0.2) is 0 Å². The molecule has 0 saturated heterocycles. The molecule has 6 aromatic carbocycles. The highest BCUT2D eigenvalue weighted by atomic mass is 15.1. The largest absolute Gasteiger partial charge is 0.311 e. The lowest BCUT2D eigenvalue weighted by atomic mass is 9.97. The molecule has 54 heavy (non-hydrogen) atoms. The Kier molecular flexibility index (Phi) is 12.8. The second-order valence-corrected chi connectivity index (χ2v) is 15.4. The topological polar surface area (TPSA) is 6.48 Å². The molecule has 2 heteroatoms. The minimum absolute atomic E-state index is 0.547. The summed E-state index contributed by atoms with van der Waals surface area (Å²) in [5.74, 6) is 2.19. The van der Waals surface area contributed by atoms with E-state index in [9.17, 15) is 0 Å². The first-order valence-electron chi connectivity index (χ1n) is 20.4. The van der Waals surface area contributed by atoms with Crippen molar-refractivity contribution in [3.63, 3.8) is 0 Å². The molecule has 6 aromatic rings. The Morgan fingerprint density at radius 1 is 0.278 bits per heavy atom. The maximum absolute atomic E-state index is 2.38. The van der Waals surface area contributed by atoms with Gasteiger partial charge in [-0.1, -0.05) is 128 Å². The van der Waals surface area contributed by atoms with Gasteiger partial charge in [0.1, 0.15) is 0 Å². The SMILES string of the molecule is CCC(C)c1ccc(N(c2ccc(-c3ccc(N(c4ccc(C(C)CC)cc4)c4ccc(C(C)CC)cc4)cc3)cc2)c2ccc(C(C)CC)cc2)cc1. The average Bonchev–Trinajstić information content (AvgIpc) is 3.24. The van der Waals surface area contributed by atoms with Gasteiger partial charge in [0.25, 0.3) is 0 Å². The highest BCUT2D eigenvalue weighted by Gasteiger charge is 2.17. The molecule has 0 spiro atoms. The minimum atomic E-state index is 0.547. The summed E-state index contributed by atoms with van der Waals surface area (Å²) in [4.78, 5) is 4.76. The lowest BCUT2D eigenvalue weighted by molar-refractivity contribution is 0.733. The van der Waals surface area contributed by atoms with Gasteiger partial charge in [0.05, 0.1) is 0 Å². The van der Waals surface area contributed by atoms with E-state index in [1.165, 1.54) is 56.1 Å². The maximum Gasteiger partial charge on any atom is 0.0462 e. The van der Waals surface area contributed by atoms with Crippen molar-refractivity contribution in [3.8, 4) is 11.1 Å². The lowest BCUT2D eigenvalue weighted by Gasteiger charge is -2.27. The predicted molar refractivity (Wildman–Crippen MR) is 236 cm³/mol. The molecule has 0 radical (unpaired) electrons. The fourth-order valence-electron chi connectivity index (χ4n) is 7.25. The highest BCUT2D eigenvalue weighted by molar-refractivity contribution is 5.81. The molecule has 2 nitrogen and oxygen atoms in total. The lowest BCUT2D eigenvalue weighted by Crippen LogP contribution is -2.10. The van der Waals surface area contributed by atoms with E-state index in [4.69, 9.17) is 0 Å². The van der Waals surface area contributed by atoms with Crippen molar-refractivity contribution in [3.05, 3.63) is 168 Å². The van der Waals surface area contributed by atoms with Gasteiger partial charge in [-0.05, 0) is 156 Å². The smallest absolute Gasteiger partial charge is 0.0462 e. The fraction of sp³-hybridized carbons (Fsp3) is 0.308. The third-order valence-corrected chi connectivity index (χ3v) is 11.9. The zero-order chi connectivity index (χ0) is 38.2. The summed E-state index contributed by atoms with van der Waals surface area (Å²) >= 11 is 0. The molecule has 0 aliphatic carbocycles. The predicted octanol–water partition coefficient (Wildman–Crippen LogP) is 16.3. The van der Waals surface area contributed by atoms with Gasteiger partial charge in [-0.3, -0.25) is 0 Å². The number of anilines is 6. The van der Waals surface area contributed by atoms with E-state index in [0.717, 1.165) is 37.1 Å². The first-order valence-corrected chi connectivity index (χ1v) is 20.4. The van der Waals surface area contributed by atoms with Crippen molar-refractivity contribution < 1.29 is 0 Å². The molecule has 0 aliphatic heterocycles. The number of hydrogen-bond donors (Lipinski definition) is 0. The Morgan fingerprint density at radius 3 is 0.611 bits per heavy atom. The summed E-state index contributed by atoms with van der Waals surface area (Å²) in [6.07, 6.45) is 4.55. The summed E-state index contributed by atoms with van der Waals surface area (Å²) in [6, 6.07) is 54.7. The van der Waals surface area contributed by atoms with Crippen molar-refractivity contribution in [1.82, 2.24) is 0 Å². The van der Waals surface area contributed by atoms with Gasteiger partial charge in [-0.2, -0.15) is 0 Å². The molecule has 0 aromatic heterocycles. The number of nitrogens with zero attached hydrogens (tertiary/aromatic N) is 2. The molecule has 0 heterocycles. The molecule has 0 fully saturated rings. The van der Waals surface area contributed by atoms with Crippen LogP contribution >= 0.6 is 0 Å². The van der Waals surface area contributed by atoms with Gasteiger partial charge in [0.15, 0.2) is 0 Å². The van der Waals surface area contributed by atoms with Crippen LogP contribution in [0.3, 0.4) is 0 Å². The summed E-state index contributed by atoms with van der Waals surface area (Å²) in [6.45, 7) is 18.2. The Labute approximate surface area is 326 Å². The van der Waals surface area contributed by atoms with Crippen molar-refractivity contribution in [1.29, 1.82) is 0 Å². The number of rotatable bonds is 15. The third-order valence-electron chi connectivity index (χ3n) is 11.9. The fourth-order valence-corrected chi connectivity index (χ4v) is 7.25. The Hall–Kier alpha value is -5.08. The first kappa shape index (κ1) is 38.6. The molecular formula is C52H60N2. The van der Waals surface area contributed by atoms with Gasteiger partial charge < -0.3 is 9.80 Å². The van der Waals surface area contributed by atoms with Crippen LogP contribution < -0.4 is 9.80 Å². The zero-order valence-electron chi connectivity index (χ0n) is 33.9. The van der Waals surface area contributed by atoms with Crippen molar-refractivity contribution in [2.45, 2.75) is 105 Å². The van der Waals surface area contributed by atoms with Gasteiger partial charge in [0.2, 0.25) is 0 Å². The second kappa shape index (κ2) is 17.8. The van der Waals surface area contributed by atoms with Gasteiger partial charge in [-0.25, -0.2) is 0 Å². The minimum Gasteiger partial charge on any atom is -0.311 e. The summed E-state index contributed by atoms with van der Waals surface area (Å²) in [5, 5.41) is 0. The molecule has 0 N–H and O–H groups in total. The monoisotopic (exact) mass is 712 g/mol. The van der Waals surface area contributed by atoms with E-state index in [0.29, 0.717) is 23.7 Å². The molecular weight excluding hydrogens is 653 g/mol. The first-order chi connectivity index (χ1) is 26.2. The summed E-state index contributed by atoms with van der Waals surface area (Å²) in [5.41, 5.74) is 14.9. The highest BCUT2D eigenvalue weighted by Crippen LogP contribution is 2.40. The molecule has 0 saturated carbocycles.